The highest BCUT2D eigenvalue weighted by molar-refractivity contribution is 14.0. The van der Waals surface area contributed by atoms with Gasteiger partial charge >= 0.3 is 0 Å². The first kappa shape index (κ1) is 24.2. The van der Waals surface area contributed by atoms with Crippen LogP contribution in [0.1, 0.15) is 29.2 Å². The van der Waals surface area contributed by atoms with Gasteiger partial charge in [-0.1, -0.05) is 12.1 Å². The molecule has 28 heavy (non-hydrogen) atoms. The molecule has 0 amide bonds. The van der Waals surface area contributed by atoms with Gasteiger partial charge in [-0.05, 0) is 25.5 Å². The second-order valence-corrected chi connectivity index (χ2v) is 6.31. The van der Waals surface area contributed by atoms with Crippen LogP contribution < -0.4 is 15.4 Å². The summed E-state index contributed by atoms with van der Waals surface area (Å²) in [7, 11) is 5.39. The molecule has 0 aliphatic carbocycles. The number of aryl methyl sites for hydroxylation is 2. The van der Waals surface area contributed by atoms with Gasteiger partial charge in [0.1, 0.15) is 11.6 Å². The molecule has 2 N–H and O–H groups in total. The highest BCUT2D eigenvalue weighted by atomic mass is 127. The molecule has 2 rings (SSSR count). The predicted octanol–water partition coefficient (Wildman–Crippen LogP) is 2.33. The number of rotatable bonds is 9. The fraction of sp³-hybridized carbons (Fsp3) is 0.526. The molecule has 0 aliphatic heterocycles. The Kier molecular flexibility index (Phi) is 10.8. The molecule has 0 saturated carbocycles. The molecule has 0 saturated heterocycles. The smallest absolute Gasteiger partial charge is 0.191 e. The van der Waals surface area contributed by atoms with Gasteiger partial charge in [0.25, 0.3) is 0 Å². The van der Waals surface area contributed by atoms with Crippen LogP contribution in [-0.2, 0) is 24.9 Å². The first-order valence-electron chi connectivity index (χ1n) is 9.05. The van der Waals surface area contributed by atoms with E-state index >= 15 is 0 Å². The molecule has 2 aromatic rings. The number of ether oxygens (including phenoxy) is 2. The maximum Gasteiger partial charge on any atom is 0.191 e. The Bertz CT molecular complexity index is 763. The van der Waals surface area contributed by atoms with Gasteiger partial charge in [0, 0.05) is 46.3 Å². The molecule has 0 bridgehead atoms. The van der Waals surface area contributed by atoms with E-state index in [0.29, 0.717) is 32.3 Å². The minimum absolute atomic E-state index is 0. The fourth-order valence-corrected chi connectivity index (χ4v) is 2.49. The number of halogens is 1. The second kappa shape index (κ2) is 12.6. The standard InChI is InChI=1S/C19H30N6O2.HI/c1-14-7-8-16(17(11-14)27-10-6-9-26-5)12-21-19(20-3)22-13-18-24-23-15(2)25(18)4;/h7-8,11H,6,9-10,12-13H2,1-5H3,(H2,20,21,22);1H. The van der Waals surface area contributed by atoms with Crippen LogP contribution in [0.4, 0.5) is 0 Å². The summed E-state index contributed by atoms with van der Waals surface area (Å²) in [5.41, 5.74) is 2.25. The van der Waals surface area contributed by atoms with Gasteiger partial charge in [-0.25, -0.2) is 0 Å². The van der Waals surface area contributed by atoms with Gasteiger partial charge in [-0.15, -0.1) is 34.2 Å². The number of aromatic nitrogens is 3. The van der Waals surface area contributed by atoms with Crippen molar-refractivity contribution in [2.24, 2.45) is 12.0 Å². The van der Waals surface area contributed by atoms with Crippen LogP contribution in [0, 0.1) is 13.8 Å². The SMILES string of the molecule is CN=C(NCc1ccc(C)cc1OCCCOC)NCc1nnc(C)n1C.I. The lowest BCUT2D eigenvalue weighted by Gasteiger charge is -2.15. The average molecular weight is 502 g/mol. The van der Waals surface area contributed by atoms with Crippen LogP contribution in [0.15, 0.2) is 23.2 Å². The first-order chi connectivity index (χ1) is 13.0. The number of hydrogen-bond acceptors (Lipinski definition) is 5. The summed E-state index contributed by atoms with van der Waals surface area (Å²) in [6, 6.07) is 6.22. The zero-order valence-electron chi connectivity index (χ0n) is 17.3. The quantitative estimate of drug-likeness (QED) is 0.237. The lowest BCUT2D eigenvalue weighted by atomic mass is 10.1. The van der Waals surface area contributed by atoms with Crippen molar-refractivity contribution in [3.63, 3.8) is 0 Å². The normalized spacial score (nSPS) is 11.1. The summed E-state index contributed by atoms with van der Waals surface area (Å²) in [5.74, 6) is 3.32. The molecule has 9 heteroatoms. The monoisotopic (exact) mass is 502 g/mol. The molecule has 0 atom stereocenters. The van der Waals surface area contributed by atoms with Gasteiger partial charge < -0.3 is 24.7 Å². The third-order valence-electron chi connectivity index (χ3n) is 4.24. The molecule has 0 spiro atoms. The highest BCUT2D eigenvalue weighted by Gasteiger charge is 2.08. The van der Waals surface area contributed by atoms with Crippen molar-refractivity contribution in [2.75, 3.05) is 27.4 Å². The van der Waals surface area contributed by atoms with Crippen molar-refractivity contribution in [3.05, 3.63) is 41.0 Å². The van der Waals surface area contributed by atoms with Crippen molar-refractivity contribution >= 4 is 29.9 Å². The summed E-state index contributed by atoms with van der Waals surface area (Å²) in [6.07, 6.45) is 0.859. The number of methoxy groups -OCH3 is 1. The Morgan fingerprint density at radius 1 is 1.14 bits per heavy atom. The van der Waals surface area contributed by atoms with Crippen LogP contribution >= 0.6 is 24.0 Å². The van der Waals surface area contributed by atoms with Gasteiger partial charge in [0.05, 0.1) is 13.2 Å². The molecule has 1 heterocycles. The van der Waals surface area contributed by atoms with Crippen molar-refractivity contribution in [2.45, 2.75) is 33.4 Å². The average Bonchev–Trinajstić information content (AvgIpc) is 2.98. The Balaban J connectivity index is 0.00000392. The van der Waals surface area contributed by atoms with E-state index in [2.05, 4.69) is 50.9 Å². The Hall–Kier alpha value is -1.88. The number of nitrogens with one attached hydrogen (secondary N) is 2. The van der Waals surface area contributed by atoms with E-state index in [1.54, 1.807) is 14.2 Å². The topological polar surface area (TPSA) is 85.6 Å². The van der Waals surface area contributed by atoms with Crippen LogP contribution in [0.3, 0.4) is 0 Å². The van der Waals surface area contributed by atoms with Crippen molar-refractivity contribution < 1.29 is 9.47 Å². The summed E-state index contributed by atoms with van der Waals surface area (Å²) in [6.45, 7) is 6.46. The van der Waals surface area contributed by atoms with Crippen LogP contribution in [-0.4, -0.2) is 48.1 Å². The van der Waals surface area contributed by atoms with E-state index in [4.69, 9.17) is 9.47 Å². The molecule has 8 nitrogen and oxygen atoms in total. The molecular weight excluding hydrogens is 471 g/mol. The molecule has 1 aromatic heterocycles. The van der Waals surface area contributed by atoms with Crippen molar-refractivity contribution in [1.82, 2.24) is 25.4 Å². The molecule has 156 valence electrons. The van der Waals surface area contributed by atoms with Crippen molar-refractivity contribution in [3.8, 4) is 5.75 Å². The van der Waals surface area contributed by atoms with Gasteiger partial charge in [0.2, 0.25) is 0 Å². The van der Waals surface area contributed by atoms with Crippen LogP contribution in [0.25, 0.3) is 0 Å². The van der Waals surface area contributed by atoms with E-state index in [9.17, 15) is 0 Å². The molecule has 0 aliphatic rings. The largest absolute Gasteiger partial charge is 0.493 e. The van der Waals surface area contributed by atoms with E-state index in [1.807, 2.05) is 18.5 Å². The van der Waals surface area contributed by atoms with Gasteiger partial charge in [0.15, 0.2) is 11.8 Å². The lowest BCUT2D eigenvalue weighted by molar-refractivity contribution is 0.171. The Morgan fingerprint density at radius 3 is 2.54 bits per heavy atom. The zero-order chi connectivity index (χ0) is 19.6. The first-order valence-corrected chi connectivity index (χ1v) is 9.05. The minimum atomic E-state index is 0. The summed E-state index contributed by atoms with van der Waals surface area (Å²) < 4.78 is 13.0. The fourth-order valence-electron chi connectivity index (χ4n) is 2.49. The lowest BCUT2D eigenvalue weighted by Crippen LogP contribution is -2.37. The number of aliphatic imine (C=N–C) groups is 1. The van der Waals surface area contributed by atoms with Crippen LogP contribution in [0.5, 0.6) is 5.75 Å². The Labute approximate surface area is 184 Å². The summed E-state index contributed by atoms with van der Waals surface area (Å²) in [5, 5.41) is 14.8. The van der Waals surface area contributed by atoms with E-state index in [0.717, 1.165) is 29.4 Å². The zero-order valence-corrected chi connectivity index (χ0v) is 19.6. The predicted molar refractivity (Wildman–Crippen MR) is 121 cm³/mol. The van der Waals surface area contributed by atoms with E-state index in [1.165, 1.54) is 5.56 Å². The number of benzene rings is 1. The molecule has 0 radical (unpaired) electrons. The second-order valence-electron chi connectivity index (χ2n) is 6.31. The highest BCUT2D eigenvalue weighted by Crippen LogP contribution is 2.20. The van der Waals surface area contributed by atoms with E-state index in [-0.39, 0.29) is 24.0 Å². The molecule has 0 unspecified atom stereocenters. The van der Waals surface area contributed by atoms with Crippen LogP contribution in [0.2, 0.25) is 0 Å². The maximum absolute atomic E-state index is 5.93. The summed E-state index contributed by atoms with van der Waals surface area (Å²) >= 11 is 0. The van der Waals surface area contributed by atoms with Gasteiger partial charge in [-0.3, -0.25) is 4.99 Å². The molecule has 0 fully saturated rings. The molecule has 1 aromatic carbocycles. The van der Waals surface area contributed by atoms with Crippen molar-refractivity contribution in [1.29, 1.82) is 0 Å². The Morgan fingerprint density at radius 2 is 1.89 bits per heavy atom. The third-order valence-corrected chi connectivity index (χ3v) is 4.24. The number of nitrogens with zero attached hydrogens (tertiary/aromatic N) is 4. The summed E-state index contributed by atoms with van der Waals surface area (Å²) in [4.78, 5) is 4.27. The number of guanidine groups is 1. The maximum atomic E-state index is 5.93. The number of hydrogen-bond donors (Lipinski definition) is 2. The van der Waals surface area contributed by atoms with Gasteiger partial charge in [-0.2, -0.15) is 0 Å². The molecular formula is C19H31IN6O2. The minimum Gasteiger partial charge on any atom is -0.493 e. The third kappa shape index (κ3) is 7.27. The van der Waals surface area contributed by atoms with E-state index < -0.39 is 0 Å².